The third-order valence-corrected chi connectivity index (χ3v) is 3.98. The molecule has 0 spiro atoms. The first-order valence-corrected chi connectivity index (χ1v) is 7.23. The lowest BCUT2D eigenvalue weighted by Crippen LogP contribution is -2.45. The molecule has 1 atom stereocenters. The van der Waals surface area contributed by atoms with Gasteiger partial charge in [0.1, 0.15) is 0 Å². The second kappa shape index (κ2) is 9.74. The summed E-state index contributed by atoms with van der Waals surface area (Å²) in [6.07, 6.45) is -1.95. The van der Waals surface area contributed by atoms with Gasteiger partial charge in [-0.05, 0) is 24.1 Å². The molecular weight excluding hydrogens is 372 g/mol. The van der Waals surface area contributed by atoms with Gasteiger partial charge in [-0.25, -0.2) is 0 Å². The van der Waals surface area contributed by atoms with E-state index in [1.165, 1.54) is 12.1 Å². The lowest BCUT2D eigenvalue weighted by molar-refractivity contribution is -0.137. The highest BCUT2D eigenvalue weighted by molar-refractivity contribution is 6.31. The van der Waals surface area contributed by atoms with Crippen LogP contribution < -0.4 is 5.32 Å². The predicted molar refractivity (Wildman–Crippen MR) is 92.9 cm³/mol. The monoisotopic (exact) mass is 390 g/mol. The SMILES string of the molecule is C=CC[C@@H](c1ccc(C(F)(F)F)c(Cl)c1)N1CCNCC1.Cl.Cl. The van der Waals surface area contributed by atoms with Crippen molar-refractivity contribution in [2.24, 2.45) is 0 Å². The average molecular weight is 392 g/mol. The number of piperazine rings is 1. The van der Waals surface area contributed by atoms with E-state index in [9.17, 15) is 13.2 Å². The lowest BCUT2D eigenvalue weighted by Gasteiger charge is -2.35. The van der Waals surface area contributed by atoms with Crippen LogP contribution in [0.5, 0.6) is 0 Å². The van der Waals surface area contributed by atoms with Crippen molar-refractivity contribution in [3.8, 4) is 0 Å². The highest BCUT2D eigenvalue weighted by Gasteiger charge is 2.33. The molecule has 1 N–H and O–H groups in total. The highest BCUT2D eigenvalue weighted by Crippen LogP contribution is 2.37. The molecule has 1 saturated heterocycles. The Bertz CT molecular complexity index is 503. The fourth-order valence-electron chi connectivity index (χ4n) is 2.62. The first-order valence-electron chi connectivity index (χ1n) is 6.86. The summed E-state index contributed by atoms with van der Waals surface area (Å²) in [5.41, 5.74) is 0.0142. The third-order valence-electron chi connectivity index (χ3n) is 3.67. The van der Waals surface area contributed by atoms with Gasteiger partial charge in [0.05, 0.1) is 10.6 Å². The second-order valence-corrected chi connectivity index (χ2v) is 5.47. The van der Waals surface area contributed by atoms with Crippen molar-refractivity contribution < 1.29 is 13.2 Å². The third kappa shape index (κ3) is 5.84. The van der Waals surface area contributed by atoms with E-state index in [1.54, 1.807) is 6.08 Å². The molecule has 0 amide bonds. The first-order chi connectivity index (χ1) is 9.93. The fourth-order valence-corrected chi connectivity index (χ4v) is 2.91. The van der Waals surface area contributed by atoms with E-state index in [0.29, 0.717) is 6.42 Å². The molecule has 0 aromatic heterocycles. The molecule has 132 valence electrons. The summed E-state index contributed by atoms with van der Waals surface area (Å²) in [5, 5.41) is 3.02. The maximum Gasteiger partial charge on any atom is 0.417 e. The minimum Gasteiger partial charge on any atom is -0.314 e. The van der Waals surface area contributed by atoms with Gasteiger partial charge in [-0.1, -0.05) is 23.7 Å². The molecule has 2 nitrogen and oxygen atoms in total. The van der Waals surface area contributed by atoms with Crippen LogP contribution in [0.25, 0.3) is 0 Å². The van der Waals surface area contributed by atoms with Gasteiger partial charge >= 0.3 is 6.18 Å². The summed E-state index contributed by atoms with van der Waals surface area (Å²) in [4.78, 5) is 2.25. The number of nitrogens with one attached hydrogen (secondary N) is 1. The molecular formula is C15H20Cl3F3N2. The molecule has 0 aliphatic carbocycles. The molecule has 0 radical (unpaired) electrons. The Morgan fingerprint density at radius 3 is 2.35 bits per heavy atom. The van der Waals surface area contributed by atoms with Gasteiger partial charge < -0.3 is 5.32 Å². The molecule has 23 heavy (non-hydrogen) atoms. The highest BCUT2D eigenvalue weighted by atomic mass is 35.5. The first kappa shape index (κ1) is 22.5. The van der Waals surface area contributed by atoms with Crippen LogP contribution in [0.2, 0.25) is 5.02 Å². The van der Waals surface area contributed by atoms with E-state index in [-0.39, 0.29) is 35.9 Å². The summed E-state index contributed by atoms with van der Waals surface area (Å²) in [5.74, 6) is 0. The standard InChI is InChI=1S/C15H18ClF3N2.2ClH/c1-2-3-14(21-8-6-20-7-9-21)11-4-5-12(13(16)10-11)15(17,18)19;;/h2,4-5,10,14,20H,1,3,6-9H2;2*1H/t14-;;/m0../s1. The zero-order chi connectivity index (χ0) is 15.5. The number of hydrogen-bond acceptors (Lipinski definition) is 2. The van der Waals surface area contributed by atoms with Gasteiger partial charge in [0.15, 0.2) is 0 Å². The van der Waals surface area contributed by atoms with Crippen LogP contribution in [-0.2, 0) is 6.18 Å². The van der Waals surface area contributed by atoms with E-state index in [1.807, 2.05) is 0 Å². The zero-order valence-corrected chi connectivity index (χ0v) is 14.8. The Hall–Kier alpha value is -0.460. The van der Waals surface area contributed by atoms with Gasteiger partial charge in [-0.15, -0.1) is 31.4 Å². The van der Waals surface area contributed by atoms with Crippen LogP contribution in [0.15, 0.2) is 30.9 Å². The van der Waals surface area contributed by atoms with Crippen molar-refractivity contribution in [3.63, 3.8) is 0 Å². The molecule has 1 aliphatic rings. The fraction of sp³-hybridized carbons (Fsp3) is 0.467. The van der Waals surface area contributed by atoms with Gasteiger partial charge in [0, 0.05) is 32.2 Å². The Morgan fingerprint density at radius 2 is 1.87 bits per heavy atom. The van der Waals surface area contributed by atoms with Crippen molar-refractivity contribution in [2.45, 2.75) is 18.6 Å². The van der Waals surface area contributed by atoms with Gasteiger partial charge in [0.25, 0.3) is 0 Å². The van der Waals surface area contributed by atoms with E-state index in [0.717, 1.165) is 37.8 Å². The largest absolute Gasteiger partial charge is 0.417 e. The van der Waals surface area contributed by atoms with Gasteiger partial charge in [-0.3, -0.25) is 4.90 Å². The minimum absolute atomic E-state index is 0. The number of rotatable bonds is 4. The predicted octanol–water partition coefficient (Wildman–Crippen LogP) is 4.72. The smallest absolute Gasteiger partial charge is 0.314 e. The van der Waals surface area contributed by atoms with Crippen molar-refractivity contribution in [2.75, 3.05) is 26.2 Å². The van der Waals surface area contributed by atoms with Gasteiger partial charge in [0.2, 0.25) is 0 Å². The molecule has 2 rings (SSSR count). The quantitative estimate of drug-likeness (QED) is 0.747. The summed E-state index contributed by atoms with van der Waals surface area (Å²) < 4.78 is 38.3. The van der Waals surface area contributed by atoms with Crippen LogP contribution in [-0.4, -0.2) is 31.1 Å². The Kier molecular flexibility index (Phi) is 9.55. The Balaban J connectivity index is 0.00000242. The van der Waals surface area contributed by atoms with E-state index in [2.05, 4.69) is 16.8 Å². The number of nitrogens with zero attached hydrogens (tertiary/aromatic N) is 1. The molecule has 1 heterocycles. The molecule has 0 unspecified atom stereocenters. The summed E-state index contributed by atoms with van der Waals surface area (Å²) >= 11 is 5.82. The Morgan fingerprint density at radius 1 is 1.26 bits per heavy atom. The molecule has 1 aromatic carbocycles. The summed E-state index contributed by atoms with van der Waals surface area (Å²) in [6, 6.07) is 4.03. The zero-order valence-electron chi connectivity index (χ0n) is 12.4. The van der Waals surface area contributed by atoms with Gasteiger partial charge in [-0.2, -0.15) is 13.2 Å². The molecule has 0 saturated carbocycles. The number of benzene rings is 1. The normalized spacial score (nSPS) is 16.9. The summed E-state index contributed by atoms with van der Waals surface area (Å²) in [7, 11) is 0. The number of halogens is 6. The van der Waals surface area contributed by atoms with Crippen molar-refractivity contribution >= 4 is 36.4 Å². The summed E-state index contributed by atoms with van der Waals surface area (Å²) in [6.45, 7) is 7.22. The number of alkyl halides is 3. The molecule has 1 aromatic rings. The Labute approximate surface area is 151 Å². The van der Waals surface area contributed by atoms with Crippen LogP contribution >= 0.6 is 36.4 Å². The topological polar surface area (TPSA) is 15.3 Å². The van der Waals surface area contributed by atoms with E-state index in [4.69, 9.17) is 11.6 Å². The molecule has 0 bridgehead atoms. The van der Waals surface area contributed by atoms with E-state index >= 15 is 0 Å². The van der Waals surface area contributed by atoms with Crippen LogP contribution in [0.1, 0.15) is 23.6 Å². The lowest BCUT2D eigenvalue weighted by atomic mass is 9.99. The average Bonchev–Trinajstić information content (AvgIpc) is 2.44. The van der Waals surface area contributed by atoms with Crippen LogP contribution in [0.3, 0.4) is 0 Å². The van der Waals surface area contributed by atoms with Crippen molar-refractivity contribution in [1.29, 1.82) is 0 Å². The van der Waals surface area contributed by atoms with Crippen molar-refractivity contribution in [1.82, 2.24) is 10.2 Å². The molecule has 8 heteroatoms. The molecule has 1 fully saturated rings. The maximum absolute atomic E-state index is 12.8. The second-order valence-electron chi connectivity index (χ2n) is 5.06. The van der Waals surface area contributed by atoms with E-state index < -0.39 is 11.7 Å². The number of hydrogen-bond donors (Lipinski definition) is 1. The molecule has 1 aliphatic heterocycles. The minimum atomic E-state index is -4.42. The van der Waals surface area contributed by atoms with Crippen LogP contribution in [0, 0.1) is 0 Å². The maximum atomic E-state index is 12.8. The van der Waals surface area contributed by atoms with Crippen LogP contribution in [0.4, 0.5) is 13.2 Å². The van der Waals surface area contributed by atoms with Crippen molar-refractivity contribution in [3.05, 3.63) is 47.0 Å².